The highest BCUT2D eigenvalue weighted by Gasteiger charge is 2.21. The van der Waals surface area contributed by atoms with Crippen LogP contribution in [0.15, 0.2) is 42.5 Å². The lowest BCUT2D eigenvalue weighted by Gasteiger charge is -2.22. The number of hydrogen-bond donors (Lipinski definition) is 1. The molecular weight excluding hydrogens is 411 g/mol. The average Bonchev–Trinajstić information content (AvgIpc) is 2.56. The quantitative estimate of drug-likeness (QED) is 0.651. The molecule has 27 heavy (non-hydrogen) atoms. The molecule has 0 fully saturated rings. The van der Waals surface area contributed by atoms with Crippen LogP contribution in [0, 0.1) is 6.92 Å². The van der Waals surface area contributed by atoms with Crippen molar-refractivity contribution in [3.8, 4) is 5.75 Å². The number of benzene rings is 2. The first-order chi connectivity index (χ1) is 12.6. The van der Waals surface area contributed by atoms with Gasteiger partial charge < -0.3 is 10.1 Å². The van der Waals surface area contributed by atoms with E-state index in [9.17, 15) is 13.2 Å². The maximum atomic E-state index is 12.2. The number of ether oxygens (including phenoxy) is 1. The van der Waals surface area contributed by atoms with Gasteiger partial charge in [0, 0.05) is 10.0 Å². The highest BCUT2D eigenvalue weighted by Crippen LogP contribution is 2.26. The first-order valence-electron chi connectivity index (χ1n) is 8.05. The van der Waals surface area contributed by atoms with Crippen LogP contribution in [0.25, 0.3) is 0 Å². The summed E-state index contributed by atoms with van der Waals surface area (Å²) in [5.74, 6) is 0.227. The maximum absolute atomic E-state index is 12.2. The minimum absolute atomic E-state index is 0.223. The first-order valence-corrected chi connectivity index (χ1v) is 10.7. The maximum Gasteiger partial charge on any atom is 0.240 e. The lowest BCUT2D eigenvalue weighted by atomic mass is 10.2. The Kier molecular flexibility index (Phi) is 7.35. The standard InChI is InChI=1S/C18H20Cl2N2O4S/c1-13-3-5-17(6-4-13)26-8-7-21-18(23)12-22(27(2,24)25)16-10-14(19)9-15(20)11-16/h3-6,9-11H,7-8,12H2,1-2H3,(H,21,23). The van der Waals surface area contributed by atoms with Gasteiger partial charge in [-0.05, 0) is 37.3 Å². The van der Waals surface area contributed by atoms with Gasteiger partial charge in [0.25, 0.3) is 0 Å². The van der Waals surface area contributed by atoms with Gasteiger partial charge in [-0.2, -0.15) is 0 Å². The van der Waals surface area contributed by atoms with Gasteiger partial charge in [0.05, 0.1) is 18.5 Å². The summed E-state index contributed by atoms with van der Waals surface area (Å²) >= 11 is 11.9. The molecule has 6 nitrogen and oxygen atoms in total. The van der Waals surface area contributed by atoms with E-state index in [1.165, 1.54) is 18.2 Å². The minimum atomic E-state index is -3.70. The molecule has 146 valence electrons. The van der Waals surface area contributed by atoms with Crippen LogP contribution in [0.5, 0.6) is 5.75 Å². The summed E-state index contributed by atoms with van der Waals surface area (Å²) in [6.45, 7) is 2.09. The van der Waals surface area contributed by atoms with E-state index >= 15 is 0 Å². The fraction of sp³-hybridized carbons (Fsp3) is 0.278. The van der Waals surface area contributed by atoms with Crippen molar-refractivity contribution in [3.05, 3.63) is 58.1 Å². The summed E-state index contributed by atoms with van der Waals surface area (Å²) < 4.78 is 30.6. The highest BCUT2D eigenvalue weighted by atomic mass is 35.5. The Hall–Kier alpha value is -1.96. The molecule has 0 bridgehead atoms. The van der Waals surface area contributed by atoms with Crippen molar-refractivity contribution >= 4 is 44.8 Å². The number of hydrogen-bond acceptors (Lipinski definition) is 4. The molecule has 0 atom stereocenters. The monoisotopic (exact) mass is 430 g/mol. The van der Waals surface area contributed by atoms with Crippen LogP contribution in [0.3, 0.4) is 0 Å². The molecule has 2 aromatic rings. The second kappa shape index (κ2) is 9.30. The van der Waals surface area contributed by atoms with Gasteiger partial charge in [0.15, 0.2) is 0 Å². The third kappa shape index (κ3) is 6.93. The zero-order valence-electron chi connectivity index (χ0n) is 14.9. The van der Waals surface area contributed by atoms with Crippen LogP contribution in [0.1, 0.15) is 5.56 Å². The van der Waals surface area contributed by atoms with Crippen molar-refractivity contribution in [2.45, 2.75) is 6.92 Å². The molecule has 1 amide bonds. The summed E-state index contributed by atoms with van der Waals surface area (Å²) in [6.07, 6.45) is 1.01. The van der Waals surface area contributed by atoms with Crippen molar-refractivity contribution in [2.75, 3.05) is 30.3 Å². The van der Waals surface area contributed by atoms with Crippen molar-refractivity contribution in [1.82, 2.24) is 5.32 Å². The molecule has 0 aliphatic rings. The topological polar surface area (TPSA) is 75.7 Å². The van der Waals surface area contributed by atoms with Crippen LogP contribution >= 0.6 is 23.2 Å². The van der Waals surface area contributed by atoms with Crippen LogP contribution in [0.4, 0.5) is 5.69 Å². The summed E-state index contributed by atoms with van der Waals surface area (Å²) in [7, 11) is -3.70. The van der Waals surface area contributed by atoms with Gasteiger partial charge in [0.1, 0.15) is 18.9 Å². The number of rotatable bonds is 8. The van der Waals surface area contributed by atoms with E-state index in [0.717, 1.165) is 16.1 Å². The van der Waals surface area contributed by atoms with Crippen LogP contribution in [-0.2, 0) is 14.8 Å². The lowest BCUT2D eigenvalue weighted by Crippen LogP contribution is -2.41. The fourth-order valence-corrected chi connectivity index (χ4v) is 3.62. The molecule has 0 aliphatic carbocycles. The predicted molar refractivity (Wildman–Crippen MR) is 108 cm³/mol. The molecular formula is C18H20Cl2N2O4S. The number of aryl methyl sites for hydroxylation is 1. The number of carbonyl (C=O) groups is 1. The number of nitrogens with zero attached hydrogens (tertiary/aromatic N) is 1. The van der Waals surface area contributed by atoms with E-state index in [0.29, 0.717) is 5.75 Å². The SMILES string of the molecule is Cc1ccc(OCCNC(=O)CN(c2cc(Cl)cc(Cl)c2)S(C)(=O)=O)cc1. The van der Waals surface area contributed by atoms with E-state index in [2.05, 4.69) is 5.32 Å². The molecule has 2 rings (SSSR count). The zero-order valence-corrected chi connectivity index (χ0v) is 17.2. The van der Waals surface area contributed by atoms with E-state index in [1.54, 1.807) is 0 Å². The minimum Gasteiger partial charge on any atom is -0.492 e. The Balaban J connectivity index is 1.93. The normalized spacial score (nSPS) is 11.1. The second-order valence-electron chi connectivity index (χ2n) is 5.91. The third-order valence-electron chi connectivity index (χ3n) is 3.54. The van der Waals surface area contributed by atoms with Gasteiger partial charge in [-0.1, -0.05) is 40.9 Å². The Morgan fingerprint density at radius 3 is 2.26 bits per heavy atom. The molecule has 0 saturated carbocycles. The van der Waals surface area contributed by atoms with Gasteiger partial charge in [-0.25, -0.2) is 8.42 Å². The summed E-state index contributed by atoms with van der Waals surface area (Å²) in [5, 5.41) is 3.18. The molecule has 0 spiro atoms. The molecule has 1 N–H and O–H groups in total. The van der Waals surface area contributed by atoms with E-state index < -0.39 is 15.9 Å². The molecule has 0 unspecified atom stereocenters. The van der Waals surface area contributed by atoms with Crippen LogP contribution in [-0.4, -0.2) is 40.3 Å². The van der Waals surface area contributed by atoms with Gasteiger partial charge >= 0.3 is 0 Å². The largest absolute Gasteiger partial charge is 0.492 e. The molecule has 0 aliphatic heterocycles. The van der Waals surface area contributed by atoms with Crippen molar-refractivity contribution in [2.24, 2.45) is 0 Å². The summed E-state index contributed by atoms with van der Waals surface area (Å²) in [6, 6.07) is 11.9. The predicted octanol–water partition coefficient (Wildman–Crippen LogP) is 3.26. The zero-order chi connectivity index (χ0) is 20.0. The molecule has 2 aromatic carbocycles. The number of sulfonamides is 1. The second-order valence-corrected chi connectivity index (χ2v) is 8.69. The first kappa shape index (κ1) is 21.3. The lowest BCUT2D eigenvalue weighted by molar-refractivity contribution is -0.119. The number of halogens is 2. The van der Waals surface area contributed by atoms with Gasteiger partial charge in [0.2, 0.25) is 15.9 Å². The van der Waals surface area contributed by atoms with E-state index in [1.807, 2.05) is 31.2 Å². The molecule has 0 saturated heterocycles. The van der Waals surface area contributed by atoms with Crippen molar-refractivity contribution < 1.29 is 17.9 Å². The smallest absolute Gasteiger partial charge is 0.240 e. The third-order valence-corrected chi connectivity index (χ3v) is 5.11. The average molecular weight is 431 g/mol. The molecule has 0 heterocycles. The fourth-order valence-electron chi connectivity index (χ4n) is 2.26. The van der Waals surface area contributed by atoms with Crippen LogP contribution in [0.2, 0.25) is 10.0 Å². The number of nitrogens with one attached hydrogen (secondary N) is 1. The number of anilines is 1. The molecule has 0 aromatic heterocycles. The van der Waals surface area contributed by atoms with Crippen molar-refractivity contribution in [1.29, 1.82) is 0 Å². The summed E-state index contributed by atoms with van der Waals surface area (Å²) in [4.78, 5) is 12.2. The van der Waals surface area contributed by atoms with Gasteiger partial charge in [-0.3, -0.25) is 9.10 Å². The van der Waals surface area contributed by atoms with E-state index in [4.69, 9.17) is 27.9 Å². The summed E-state index contributed by atoms with van der Waals surface area (Å²) in [5.41, 5.74) is 1.35. The Bertz CT molecular complexity index is 882. The Labute approximate surface area is 169 Å². The Morgan fingerprint density at radius 2 is 1.70 bits per heavy atom. The van der Waals surface area contributed by atoms with E-state index in [-0.39, 0.29) is 35.4 Å². The highest BCUT2D eigenvalue weighted by molar-refractivity contribution is 7.92. The van der Waals surface area contributed by atoms with Crippen molar-refractivity contribution in [3.63, 3.8) is 0 Å². The molecule has 9 heteroatoms. The Morgan fingerprint density at radius 1 is 1.11 bits per heavy atom. The van der Waals surface area contributed by atoms with Crippen LogP contribution < -0.4 is 14.4 Å². The number of amides is 1. The number of carbonyl (C=O) groups excluding carboxylic acids is 1. The van der Waals surface area contributed by atoms with Gasteiger partial charge in [-0.15, -0.1) is 0 Å². The molecule has 0 radical (unpaired) electrons.